The van der Waals surface area contributed by atoms with Gasteiger partial charge in [0, 0.05) is 19.2 Å². The Labute approximate surface area is 91.9 Å². The number of rotatable bonds is 4. The van der Waals surface area contributed by atoms with Crippen molar-refractivity contribution in [3.05, 3.63) is 35.9 Å². The summed E-state index contributed by atoms with van der Waals surface area (Å²) < 4.78 is 0. The lowest BCUT2D eigenvalue weighted by Gasteiger charge is -2.18. The predicted molar refractivity (Wildman–Crippen MR) is 62.9 cm³/mol. The lowest BCUT2D eigenvalue weighted by Crippen LogP contribution is -2.28. The van der Waals surface area contributed by atoms with Crippen LogP contribution in [0.4, 0.5) is 0 Å². The fourth-order valence-corrected chi connectivity index (χ4v) is 1.35. The SMILES string of the molecule is CC(C)CCN(C)C(=O)c1ccccc1. The maximum absolute atomic E-state index is 11.9. The van der Waals surface area contributed by atoms with Crippen LogP contribution in [-0.2, 0) is 0 Å². The maximum atomic E-state index is 11.9. The molecule has 0 radical (unpaired) electrons. The molecule has 0 aliphatic rings. The minimum Gasteiger partial charge on any atom is -0.342 e. The first-order valence-corrected chi connectivity index (χ1v) is 5.41. The molecule has 1 aromatic rings. The summed E-state index contributed by atoms with van der Waals surface area (Å²) in [6.07, 6.45) is 1.05. The summed E-state index contributed by atoms with van der Waals surface area (Å²) >= 11 is 0. The summed E-state index contributed by atoms with van der Waals surface area (Å²) in [7, 11) is 1.86. The van der Waals surface area contributed by atoms with Gasteiger partial charge in [0.05, 0.1) is 0 Å². The van der Waals surface area contributed by atoms with Crippen molar-refractivity contribution in [2.24, 2.45) is 5.92 Å². The summed E-state index contributed by atoms with van der Waals surface area (Å²) in [5.41, 5.74) is 0.767. The van der Waals surface area contributed by atoms with Gasteiger partial charge in [0.15, 0.2) is 0 Å². The quantitative estimate of drug-likeness (QED) is 0.740. The van der Waals surface area contributed by atoms with E-state index >= 15 is 0 Å². The Morgan fingerprint density at radius 1 is 1.27 bits per heavy atom. The third-order valence-electron chi connectivity index (χ3n) is 2.41. The monoisotopic (exact) mass is 205 g/mol. The number of hydrogen-bond donors (Lipinski definition) is 0. The highest BCUT2D eigenvalue weighted by molar-refractivity contribution is 5.93. The summed E-state index contributed by atoms with van der Waals surface area (Å²) in [6, 6.07) is 9.42. The molecule has 0 saturated heterocycles. The Morgan fingerprint density at radius 2 is 1.87 bits per heavy atom. The topological polar surface area (TPSA) is 20.3 Å². The summed E-state index contributed by atoms with van der Waals surface area (Å²) in [5.74, 6) is 0.743. The molecule has 1 rings (SSSR count). The summed E-state index contributed by atoms with van der Waals surface area (Å²) in [6.45, 7) is 5.16. The molecule has 0 fully saturated rings. The lowest BCUT2D eigenvalue weighted by molar-refractivity contribution is 0.0789. The molecule has 2 nitrogen and oxygen atoms in total. The Balaban J connectivity index is 2.54. The molecule has 0 bridgehead atoms. The highest BCUT2D eigenvalue weighted by Crippen LogP contribution is 2.06. The van der Waals surface area contributed by atoms with Gasteiger partial charge in [-0.05, 0) is 24.5 Å². The number of nitrogens with zero attached hydrogens (tertiary/aromatic N) is 1. The van der Waals surface area contributed by atoms with E-state index in [2.05, 4.69) is 13.8 Å². The van der Waals surface area contributed by atoms with Crippen molar-refractivity contribution in [1.29, 1.82) is 0 Å². The molecule has 0 spiro atoms. The van der Waals surface area contributed by atoms with Crippen molar-refractivity contribution in [2.45, 2.75) is 20.3 Å². The minimum absolute atomic E-state index is 0.108. The van der Waals surface area contributed by atoms with Crippen LogP contribution in [0.15, 0.2) is 30.3 Å². The maximum Gasteiger partial charge on any atom is 0.253 e. The van der Waals surface area contributed by atoms with E-state index in [4.69, 9.17) is 0 Å². The molecule has 0 atom stereocenters. The van der Waals surface area contributed by atoms with Crippen LogP contribution in [0.2, 0.25) is 0 Å². The molecular formula is C13H19NO. The van der Waals surface area contributed by atoms with E-state index in [1.165, 1.54) is 0 Å². The molecule has 0 saturated carbocycles. The summed E-state index contributed by atoms with van der Waals surface area (Å²) in [5, 5.41) is 0. The van der Waals surface area contributed by atoms with Crippen LogP contribution < -0.4 is 0 Å². The standard InChI is InChI=1S/C13H19NO/c1-11(2)9-10-14(3)13(15)12-7-5-4-6-8-12/h4-8,11H,9-10H2,1-3H3. The Hall–Kier alpha value is -1.31. The highest BCUT2D eigenvalue weighted by atomic mass is 16.2. The van der Waals surface area contributed by atoms with Gasteiger partial charge in [0.25, 0.3) is 5.91 Å². The van der Waals surface area contributed by atoms with Crippen molar-refractivity contribution in [1.82, 2.24) is 4.90 Å². The number of carbonyl (C=O) groups excluding carboxylic acids is 1. The fourth-order valence-electron chi connectivity index (χ4n) is 1.35. The first-order chi connectivity index (χ1) is 7.11. The van der Waals surface area contributed by atoms with Crippen molar-refractivity contribution in [3.8, 4) is 0 Å². The van der Waals surface area contributed by atoms with Gasteiger partial charge in [-0.1, -0.05) is 32.0 Å². The minimum atomic E-state index is 0.108. The molecular weight excluding hydrogens is 186 g/mol. The van der Waals surface area contributed by atoms with Crippen LogP contribution in [-0.4, -0.2) is 24.4 Å². The first-order valence-electron chi connectivity index (χ1n) is 5.41. The largest absolute Gasteiger partial charge is 0.342 e. The number of amides is 1. The molecule has 1 amide bonds. The summed E-state index contributed by atoms with van der Waals surface area (Å²) in [4.78, 5) is 13.7. The average molecular weight is 205 g/mol. The molecule has 0 aromatic heterocycles. The lowest BCUT2D eigenvalue weighted by atomic mass is 10.1. The van der Waals surface area contributed by atoms with Crippen LogP contribution >= 0.6 is 0 Å². The normalized spacial score (nSPS) is 10.4. The van der Waals surface area contributed by atoms with E-state index in [1.54, 1.807) is 4.90 Å². The van der Waals surface area contributed by atoms with E-state index in [-0.39, 0.29) is 5.91 Å². The Kier molecular flexibility index (Phi) is 4.35. The van der Waals surface area contributed by atoms with Crippen LogP contribution in [0.1, 0.15) is 30.6 Å². The van der Waals surface area contributed by atoms with Crippen molar-refractivity contribution in [3.63, 3.8) is 0 Å². The zero-order chi connectivity index (χ0) is 11.3. The van der Waals surface area contributed by atoms with Crippen LogP contribution in [0.25, 0.3) is 0 Å². The smallest absolute Gasteiger partial charge is 0.253 e. The first kappa shape index (κ1) is 11.8. The fraction of sp³-hybridized carbons (Fsp3) is 0.462. The molecule has 2 heteroatoms. The van der Waals surface area contributed by atoms with Gasteiger partial charge in [0.2, 0.25) is 0 Å². The zero-order valence-electron chi connectivity index (χ0n) is 9.73. The third-order valence-corrected chi connectivity index (χ3v) is 2.41. The molecule has 0 aliphatic heterocycles. The van der Waals surface area contributed by atoms with E-state index in [9.17, 15) is 4.79 Å². The van der Waals surface area contributed by atoms with Gasteiger partial charge in [-0.15, -0.1) is 0 Å². The molecule has 0 N–H and O–H groups in total. The van der Waals surface area contributed by atoms with Gasteiger partial charge in [-0.2, -0.15) is 0 Å². The Morgan fingerprint density at radius 3 is 2.40 bits per heavy atom. The molecule has 82 valence electrons. The third kappa shape index (κ3) is 3.74. The van der Waals surface area contributed by atoms with Crippen molar-refractivity contribution in [2.75, 3.05) is 13.6 Å². The predicted octanol–water partition coefficient (Wildman–Crippen LogP) is 2.80. The second-order valence-electron chi connectivity index (χ2n) is 4.28. The van der Waals surface area contributed by atoms with Crippen LogP contribution in [0.3, 0.4) is 0 Å². The van der Waals surface area contributed by atoms with E-state index < -0.39 is 0 Å². The van der Waals surface area contributed by atoms with Crippen molar-refractivity contribution < 1.29 is 4.79 Å². The number of hydrogen-bond acceptors (Lipinski definition) is 1. The van der Waals surface area contributed by atoms with Gasteiger partial charge < -0.3 is 4.90 Å². The van der Waals surface area contributed by atoms with Gasteiger partial charge in [-0.3, -0.25) is 4.79 Å². The molecule has 15 heavy (non-hydrogen) atoms. The zero-order valence-corrected chi connectivity index (χ0v) is 9.73. The number of carbonyl (C=O) groups is 1. The van der Waals surface area contributed by atoms with Gasteiger partial charge in [-0.25, -0.2) is 0 Å². The molecule has 0 heterocycles. The second kappa shape index (κ2) is 5.54. The molecule has 0 unspecified atom stereocenters. The number of benzene rings is 1. The van der Waals surface area contributed by atoms with Crippen LogP contribution in [0.5, 0.6) is 0 Å². The van der Waals surface area contributed by atoms with E-state index in [0.29, 0.717) is 5.92 Å². The van der Waals surface area contributed by atoms with E-state index in [0.717, 1.165) is 18.5 Å². The average Bonchev–Trinajstić information content (AvgIpc) is 2.26. The molecule has 1 aromatic carbocycles. The molecule has 0 aliphatic carbocycles. The van der Waals surface area contributed by atoms with Gasteiger partial charge in [0.1, 0.15) is 0 Å². The van der Waals surface area contributed by atoms with Crippen LogP contribution in [0, 0.1) is 5.92 Å². The highest BCUT2D eigenvalue weighted by Gasteiger charge is 2.10. The van der Waals surface area contributed by atoms with Crippen molar-refractivity contribution >= 4 is 5.91 Å². The van der Waals surface area contributed by atoms with Gasteiger partial charge >= 0.3 is 0 Å². The Bertz CT molecular complexity index is 306. The van der Waals surface area contributed by atoms with E-state index in [1.807, 2.05) is 37.4 Å². The second-order valence-corrected chi connectivity index (χ2v) is 4.28.